The van der Waals surface area contributed by atoms with E-state index in [2.05, 4.69) is 0 Å². The molecule has 5 heteroatoms. The van der Waals surface area contributed by atoms with Gasteiger partial charge < -0.3 is 0 Å². The van der Waals surface area contributed by atoms with Crippen molar-refractivity contribution >= 4 is 28.2 Å². The second kappa shape index (κ2) is 3.95. The molecule has 0 radical (unpaired) electrons. The average molecular weight is 197 g/mol. The Balaban J connectivity index is 2.80. The Bertz CT molecular complexity index is 367. The number of nitrogens with zero attached hydrogens (tertiary/aromatic N) is 1. The van der Waals surface area contributed by atoms with E-state index in [0.29, 0.717) is 4.88 Å². The molecule has 0 N–H and O–H groups in total. The first kappa shape index (κ1) is 9.60. The van der Waals surface area contributed by atoms with Crippen LogP contribution >= 0.6 is 11.3 Å². The number of rotatable bonds is 3. The predicted octanol–water partition coefficient (Wildman–Crippen LogP) is 2.26. The number of nitro groups is 1. The summed E-state index contributed by atoms with van der Waals surface area (Å²) in [6.07, 6.45) is 2.95. The van der Waals surface area contributed by atoms with Crippen LogP contribution in [0.15, 0.2) is 18.2 Å². The first-order valence-electron chi connectivity index (χ1n) is 3.52. The first-order chi connectivity index (χ1) is 6.09. The summed E-state index contributed by atoms with van der Waals surface area (Å²) < 4.78 is 0. The van der Waals surface area contributed by atoms with Crippen molar-refractivity contribution in [1.82, 2.24) is 0 Å². The average Bonchev–Trinajstić information content (AvgIpc) is 2.48. The van der Waals surface area contributed by atoms with Crippen molar-refractivity contribution in [2.45, 2.75) is 6.92 Å². The summed E-state index contributed by atoms with van der Waals surface area (Å²) in [7, 11) is 0. The van der Waals surface area contributed by atoms with Gasteiger partial charge in [0.1, 0.15) is 0 Å². The lowest BCUT2D eigenvalue weighted by molar-refractivity contribution is -0.380. The molecule has 1 aromatic heterocycles. The number of thiophene rings is 1. The predicted molar refractivity (Wildman–Crippen MR) is 50.7 cm³/mol. The molecule has 0 atom stereocenters. The van der Waals surface area contributed by atoms with E-state index in [1.807, 2.05) is 0 Å². The van der Waals surface area contributed by atoms with Crippen molar-refractivity contribution in [3.05, 3.63) is 33.2 Å². The van der Waals surface area contributed by atoms with Crippen LogP contribution in [0.2, 0.25) is 0 Å². The summed E-state index contributed by atoms with van der Waals surface area (Å²) >= 11 is 1.04. The Morgan fingerprint density at radius 1 is 1.62 bits per heavy atom. The number of hydrogen-bond acceptors (Lipinski definition) is 4. The topological polar surface area (TPSA) is 60.2 Å². The first-order valence-corrected chi connectivity index (χ1v) is 4.34. The third kappa shape index (κ3) is 2.79. The number of allylic oxidation sites excluding steroid dienone is 1. The van der Waals surface area contributed by atoms with Gasteiger partial charge in [-0.25, -0.2) is 0 Å². The van der Waals surface area contributed by atoms with Gasteiger partial charge in [-0.3, -0.25) is 14.9 Å². The molecular formula is C8H7NO3S. The minimum Gasteiger partial charge on any atom is -0.295 e. The van der Waals surface area contributed by atoms with Crippen LogP contribution in [0.5, 0.6) is 0 Å². The smallest absolute Gasteiger partial charge is 0.295 e. The summed E-state index contributed by atoms with van der Waals surface area (Å²) in [6.45, 7) is 1.43. The van der Waals surface area contributed by atoms with Gasteiger partial charge in [0.05, 0.1) is 4.92 Å². The SMILES string of the molecule is CC(=O)C=Cc1ccc([N+](=O)[O-])s1. The van der Waals surface area contributed by atoms with Crippen LogP contribution in [0.1, 0.15) is 11.8 Å². The molecule has 0 saturated carbocycles. The maximum Gasteiger partial charge on any atom is 0.324 e. The Hall–Kier alpha value is -1.49. The third-order valence-electron chi connectivity index (χ3n) is 1.27. The lowest BCUT2D eigenvalue weighted by Crippen LogP contribution is -1.80. The molecule has 0 aliphatic carbocycles. The molecule has 1 heterocycles. The van der Waals surface area contributed by atoms with E-state index in [9.17, 15) is 14.9 Å². The Morgan fingerprint density at radius 3 is 2.77 bits per heavy atom. The van der Waals surface area contributed by atoms with Gasteiger partial charge in [-0.2, -0.15) is 0 Å². The molecule has 68 valence electrons. The van der Waals surface area contributed by atoms with Gasteiger partial charge in [0.25, 0.3) is 0 Å². The fourth-order valence-corrected chi connectivity index (χ4v) is 1.45. The van der Waals surface area contributed by atoms with E-state index in [1.165, 1.54) is 19.1 Å². The zero-order valence-electron chi connectivity index (χ0n) is 6.89. The van der Waals surface area contributed by atoms with Crippen molar-refractivity contribution in [3.63, 3.8) is 0 Å². The number of hydrogen-bond donors (Lipinski definition) is 0. The van der Waals surface area contributed by atoms with Gasteiger partial charge in [-0.1, -0.05) is 11.3 Å². The molecule has 0 unspecified atom stereocenters. The molecule has 0 spiro atoms. The largest absolute Gasteiger partial charge is 0.324 e. The summed E-state index contributed by atoms with van der Waals surface area (Å²) in [5.41, 5.74) is 0. The lowest BCUT2D eigenvalue weighted by Gasteiger charge is -1.81. The fraction of sp³-hybridized carbons (Fsp3) is 0.125. The van der Waals surface area contributed by atoms with Crippen LogP contribution in [-0.4, -0.2) is 10.7 Å². The highest BCUT2D eigenvalue weighted by atomic mass is 32.1. The van der Waals surface area contributed by atoms with E-state index < -0.39 is 4.92 Å². The summed E-state index contributed by atoms with van der Waals surface area (Å²) in [5, 5.41) is 10.4. The van der Waals surface area contributed by atoms with E-state index >= 15 is 0 Å². The van der Waals surface area contributed by atoms with Gasteiger partial charge in [-0.05, 0) is 25.1 Å². The number of ketones is 1. The highest BCUT2D eigenvalue weighted by Gasteiger charge is 2.07. The minimum atomic E-state index is -0.449. The normalized spacial score (nSPS) is 10.5. The fourth-order valence-electron chi connectivity index (χ4n) is 0.729. The van der Waals surface area contributed by atoms with Crippen molar-refractivity contribution in [2.24, 2.45) is 0 Å². The number of carbonyl (C=O) groups excluding carboxylic acids is 1. The molecule has 13 heavy (non-hydrogen) atoms. The maximum absolute atomic E-state index is 10.5. The summed E-state index contributed by atoms with van der Waals surface area (Å²) in [5.74, 6) is -0.0731. The zero-order chi connectivity index (χ0) is 9.84. The van der Waals surface area contributed by atoms with E-state index in [1.54, 1.807) is 12.1 Å². The van der Waals surface area contributed by atoms with Crippen LogP contribution in [0, 0.1) is 10.1 Å². The Morgan fingerprint density at radius 2 is 2.31 bits per heavy atom. The Labute approximate surface area is 78.7 Å². The van der Waals surface area contributed by atoms with Crippen molar-refractivity contribution < 1.29 is 9.72 Å². The molecular weight excluding hydrogens is 190 g/mol. The van der Waals surface area contributed by atoms with Crippen LogP contribution in [0.3, 0.4) is 0 Å². The molecule has 1 rings (SSSR count). The number of carbonyl (C=O) groups is 1. The highest BCUT2D eigenvalue weighted by Crippen LogP contribution is 2.24. The van der Waals surface area contributed by atoms with Crippen molar-refractivity contribution in [1.29, 1.82) is 0 Å². The molecule has 0 aliphatic heterocycles. The molecule has 1 aromatic rings. The van der Waals surface area contributed by atoms with Gasteiger partial charge in [0.2, 0.25) is 0 Å². The monoisotopic (exact) mass is 197 g/mol. The highest BCUT2D eigenvalue weighted by molar-refractivity contribution is 7.16. The molecule has 0 aromatic carbocycles. The van der Waals surface area contributed by atoms with Gasteiger partial charge in [0, 0.05) is 10.9 Å². The van der Waals surface area contributed by atoms with Crippen LogP contribution in [0.25, 0.3) is 6.08 Å². The second-order valence-corrected chi connectivity index (χ2v) is 3.47. The molecule has 4 nitrogen and oxygen atoms in total. The molecule has 0 amide bonds. The lowest BCUT2D eigenvalue weighted by atomic mass is 10.3. The molecule has 0 saturated heterocycles. The Kier molecular flexibility index (Phi) is 2.92. The van der Waals surface area contributed by atoms with E-state index in [0.717, 1.165) is 11.3 Å². The quantitative estimate of drug-likeness (QED) is 0.424. The summed E-state index contributed by atoms with van der Waals surface area (Å²) in [4.78, 5) is 21.1. The zero-order valence-corrected chi connectivity index (χ0v) is 7.71. The van der Waals surface area contributed by atoms with Gasteiger partial charge >= 0.3 is 5.00 Å². The summed E-state index contributed by atoms with van der Waals surface area (Å²) in [6, 6.07) is 3.03. The minimum absolute atomic E-state index is 0.0731. The van der Waals surface area contributed by atoms with Crippen LogP contribution in [-0.2, 0) is 4.79 Å². The third-order valence-corrected chi connectivity index (χ3v) is 2.28. The van der Waals surface area contributed by atoms with Gasteiger partial charge in [-0.15, -0.1) is 0 Å². The second-order valence-electron chi connectivity index (χ2n) is 2.38. The van der Waals surface area contributed by atoms with Crippen molar-refractivity contribution in [2.75, 3.05) is 0 Å². The van der Waals surface area contributed by atoms with Crippen molar-refractivity contribution in [3.8, 4) is 0 Å². The van der Waals surface area contributed by atoms with E-state index in [4.69, 9.17) is 0 Å². The standard InChI is InChI=1S/C8H7NO3S/c1-6(10)2-3-7-4-5-8(13-7)9(11)12/h2-5H,1H3. The van der Waals surface area contributed by atoms with Gasteiger partial charge in [0.15, 0.2) is 5.78 Å². The van der Waals surface area contributed by atoms with Crippen LogP contribution in [0.4, 0.5) is 5.00 Å². The van der Waals surface area contributed by atoms with Crippen LogP contribution < -0.4 is 0 Å². The maximum atomic E-state index is 10.5. The van der Waals surface area contributed by atoms with E-state index in [-0.39, 0.29) is 10.8 Å². The molecule has 0 aliphatic rings. The molecule has 0 fully saturated rings. The molecule has 0 bridgehead atoms.